The lowest BCUT2D eigenvalue weighted by molar-refractivity contribution is -0.138. The molecular formula is C17H22N4O3. The molecule has 128 valence electrons. The predicted molar refractivity (Wildman–Crippen MR) is 87.0 cm³/mol. The molecule has 0 spiro atoms. The molecule has 0 saturated carbocycles. The topological polar surface area (TPSA) is 69.5 Å². The SMILES string of the molecule is COCC(=O)N1CCn2c(COCc3ccncc3)cnc2C1C. The minimum absolute atomic E-state index is 0.00487. The Balaban J connectivity index is 1.63. The van der Waals surface area contributed by atoms with Crippen molar-refractivity contribution in [3.63, 3.8) is 0 Å². The summed E-state index contributed by atoms with van der Waals surface area (Å²) in [5, 5.41) is 0. The average molecular weight is 330 g/mol. The summed E-state index contributed by atoms with van der Waals surface area (Å²) in [5.74, 6) is 0.892. The van der Waals surface area contributed by atoms with Crippen LogP contribution >= 0.6 is 0 Å². The molecule has 0 N–H and O–H groups in total. The number of pyridine rings is 1. The van der Waals surface area contributed by atoms with Crippen molar-refractivity contribution < 1.29 is 14.3 Å². The highest BCUT2D eigenvalue weighted by Gasteiger charge is 2.29. The summed E-state index contributed by atoms with van der Waals surface area (Å²) in [7, 11) is 1.53. The van der Waals surface area contributed by atoms with E-state index in [2.05, 4.69) is 14.5 Å². The number of fused-ring (bicyclic) bond motifs is 1. The molecule has 1 unspecified atom stereocenters. The summed E-state index contributed by atoms with van der Waals surface area (Å²) in [6.07, 6.45) is 5.35. The first-order valence-electron chi connectivity index (χ1n) is 8.00. The van der Waals surface area contributed by atoms with Gasteiger partial charge >= 0.3 is 0 Å². The second kappa shape index (κ2) is 7.55. The van der Waals surface area contributed by atoms with E-state index in [0.717, 1.165) is 23.6 Å². The van der Waals surface area contributed by atoms with Crippen molar-refractivity contribution >= 4 is 5.91 Å². The van der Waals surface area contributed by atoms with Crippen LogP contribution in [-0.2, 0) is 34.0 Å². The third-order valence-electron chi connectivity index (χ3n) is 4.23. The van der Waals surface area contributed by atoms with Crippen LogP contribution in [-0.4, -0.2) is 45.6 Å². The molecule has 7 nitrogen and oxygen atoms in total. The molecule has 2 aromatic rings. The van der Waals surface area contributed by atoms with Gasteiger partial charge in [-0.1, -0.05) is 0 Å². The molecule has 1 aliphatic rings. The van der Waals surface area contributed by atoms with Crippen LogP contribution < -0.4 is 0 Å². The first-order valence-corrected chi connectivity index (χ1v) is 8.00. The summed E-state index contributed by atoms with van der Waals surface area (Å²) >= 11 is 0. The van der Waals surface area contributed by atoms with Crippen molar-refractivity contribution in [1.82, 2.24) is 19.4 Å². The van der Waals surface area contributed by atoms with Crippen LogP contribution in [0, 0.1) is 0 Å². The van der Waals surface area contributed by atoms with E-state index in [1.165, 1.54) is 7.11 Å². The summed E-state index contributed by atoms with van der Waals surface area (Å²) in [6.45, 7) is 4.51. The summed E-state index contributed by atoms with van der Waals surface area (Å²) in [6, 6.07) is 3.82. The number of nitrogens with zero attached hydrogens (tertiary/aromatic N) is 4. The number of hydrogen-bond acceptors (Lipinski definition) is 5. The third kappa shape index (κ3) is 3.47. The molecule has 7 heteroatoms. The minimum atomic E-state index is -0.0599. The zero-order valence-corrected chi connectivity index (χ0v) is 14.0. The Labute approximate surface area is 141 Å². The molecule has 0 aliphatic carbocycles. The number of aromatic nitrogens is 3. The van der Waals surface area contributed by atoms with Crippen molar-refractivity contribution in [3.8, 4) is 0 Å². The third-order valence-corrected chi connectivity index (χ3v) is 4.23. The van der Waals surface area contributed by atoms with Crippen LogP contribution in [0.4, 0.5) is 0 Å². The first-order chi connectivity index (χ1) is 11.7. The van der Waals surface area contributed by atoms with Gasteiger partial charge in [-0.2, -0.15) is 0 Å². The lowest BCUT2D eigenvalue weighted by atomic mass is 10.2. The second-order valence-corrected chi connectivity index (χ2v) is 5.80. The normalized spacial score (nSPS) is 16.9. The Morgan fingerprint density at radius 3 is 2.83 bits per heavy atom. The summed E-state index contributed by atoms with van der Waals surface area (Å²) < 4.78 is 12.9. The van der Waals surface area contributed by atoms with Gasteiger partial charge in [0.05, 0.1) is 31.1 Å². The van der Waals surface area contributed by atoms with Gasteiger partial charge in [-0.05, 0) is 24.6 Å². The molecule has 0 bridgehead atoms. The number of imidazole rings is 1. The highest BCUT2D eigenvalue weighted by atomic mass is 16.5. The molecule has 3 heterocycles. The van der Waals surface area contributed by atoms with Crippen LogP contribution in [0.25, 0.3) is 0 Å². The first kappa shape index (κ1) is 16.6. The highest BCUT2D eigenvalue weighted by Crippen LogP contribution is 2.25. The molecule has 1 amide bonds. The lowest BCUT2D eigenvalue weighted by Gasteiger charge is -2.34. The fourth-order valence-corrected chi connectivity index (χ4v) is 2.97. The molecular weight excluding hydrogens is 308 g/mol. The molecule has 2 aromatic heterocycles. The Morgan fingerprint density at radius 1 is 1.29 bits per heavy atom. The Bertz CT molecular complexity index is 686. The van der Waals surface area contributed by atoms with Gasteiger partial charge in [-0.15, -0.1) is 0 Å². The van der Waals surface area contributed by atoms with Crippen molar-refractivity contribution in [2.24, 2.45) is 0 Å². The Kier molecular flexibility index (Phi) is 5.22. The average Bonchev–Trinajstić information content (AvgIpc) is 3.00. The van der Waals surface area contributed by atoms with E-state index in [1.54, 1.807) is 12.4 Å². The lowest BCUT2D eigenvalue weighted by Crippen LogP contribution is -2.43. The van der Waals surface area contributed by atoms with E-state index in [0.29, 0.717) is 19.8 Å². The van der Waals surface area contributed by atoms with E-state index < -0.39 is 0 Å². The van der Waals surface area contributed by atoms with Crippen LogP contribution in [0.2, 0.25) is 0 Å². The van der Waals surface area contributed by atoms with Gasteiger partial charge in [0.1, 0.15) is 12.4 Å². The number of hydrogen-bond donors (Lipinski definition) is 0. The summed E-state index contributed by atoms with van der Waals surface area (Å²) in [5.41, 5.74) is 2.12. The van der Waals surface area contributed by atoms with Gasteiger partial charge in [0.2, 0.25) is 5.91 Å². The molecule has 1 aliphatic heterocycles. The Morgan fingerprint density at radius 2 is 2.08 bits per heavy atom. The number of ether oxygens (including phenoxy) is 2. The van der Waals surface area contributed by atoms with Crippen molar-refractivity contribution in [1.29, 1.82) is 0 Å². The quantitative estimate of drug-likeness (QED) is 0.804. The summed E-state index contributed by atoms with van der Waals surface area (Å²) in [4.78, 5) is 22.4. The van der Waals surface area contributed by atoms with Crippen LogP contribution in [0.1, 0.15) is 30.0 Å². The highest BCUT2D eigenvalue weighted by molar-refractivity contribution is 5.78. The molecule has 0 radical (unpaired) electrons. The smallest absolute Gasteiger partial charge is 0.249 e. The van der Waals surface area contributed by atoms with Crippen LogP contribution in [0.15, 0.2) is 30.7 Å². The zero-order chi connectivity index (χ0) is 16.9. The molecule has 0 saturated heterocycles. The van der Waals surface area contributed by atoms with Crippen molar-refractivity contribution in [3.05, 3.63) is 47.8 Å². The largest absolute Gasteiger partial charge is 0.375 e. The van der Waals surface area contributed by atoms with Crippen LogP contribution in [0.5, 0.6) is 0 Å². The maximum absolute atomic E-state index is 12.1. The fourth-order valence-electron chi connectivity index (χ4n) is 2.97. The maximum atomic E-state index is 12.1. The maximum Gasteiger partial charge on any atom is 0.249 e. The van der Waals surface area contributed by atoms with Gasteiger partial charge in [-0.25, -0.2) is 4.98 Å². The molecule has 3 rings (SSSR count). The van der Waals surface area contributed by atoms with Crippen molar-refractivity contribution in [2.75, 3.05) is 20.3 Å². The van der Waals surface area contributed by atoms with Gasteiger partial charge in [-0.3, -0.25) is 9.78 Å². The standard InChI is InChI=1S/C17H22N4O3/c1-13-17-19-9-15(11-24-10-14-3-5-18-6-4-14)21(17)8-7-20(13)16(22)12-23-2/h3-6,9,13H,7-8,10-12H2,1-2H3. The van der Waals surface area contributed by atoms with Gasteiger partial charge in [0, 0.05) is 32.6 Å². The molecule has 1 atom stereocenters. The minimum Gasteiger partial charge on any atom is -0.375 e. The van der Waals surface area contributed by atoms with E-state index in [4.69, 9.17) is 9.47 Å². The van der Waals surface area contributed by atoms with Gasteiger partial charge in [0.15, 0.2) is 0 Å². The number of rotatable bonds is 6. The predicted octanol–water partition coefficient (Wildman–Crippen LogP) is 1.54. The number of amides is 1. The van der Waals surface area contributed by atoms with Crippen LogP contribution in [0.3, 0.4) is 0 Å². The molecule has 24 heavy (non-hydrogen) atoms. The Hall–Kier alpha value is -2.25. The van der Waals surface area contributed by atoms with E-state index in [1.807, 2.05) is 30.2 Å². The fraction of sp³-hybridized carbons (Fsp3) is 0.471. The number of methoxy groups -OCH3 is 1. The zero-order valence-electron chi connectivity index (χ0n) is 14.0. The number of carbonyl (C=O) groups is 1. The van der Waals surface area contributed by atoms with Gasteiger partial charge < -0.3 is 18.9 Å². The molecule has 0 aromatic carbocycles. The van der Waals surface area contributed by atoms with Crippen molar-refractivity contribution in [2.45, 2.75) is 32.7 Å². The van der Waals surface area contributed by atoms with E-state index in [-0.39, 0.29) is 18.6 Å². The van der Waals surface area contributed by atoms with E-state index >= 15 is 0 Å². The molecule has 0 fully saturated rings. The second-order valence-electron chi connectivity index (χ2n) is 5.80. The van der Waals surface area contributed by atoms with E-state index in [9.17, 15) is 4.79 Å². The monoisotopic (exact) mass is 330 g/mol. The van der Waals surface area contributed by atoms with Gasteiger partial charge in [0.25, 0.3) is 0 Å². The number of carbonyl (C=O) groups excluding carboxylic acids is 1.